The molecule has 0 bridgehead atoms. The molecular formula is C14H26N2. The first kappa shape index (κ1) is 11.0. The van der Waals surface area contributed by atoms with Crippen molar-refractivity contribution < 1.29 is 0 Å². The average Bonchev–Trinajstić information content (AvgIpc) is 2.36. The molecule has 4 N–H and O–H groups in total. The van der Waals surface area contributed by atoms with Gasteiger partial charge in [0.1, 0.15) is 0 Å². The maximum Gasteiger partial charge on any atom is 0.0102 e. The van der Waals surface area contributed by atoms with Crippen LogP contribution < -0.4 is 11.5 Å². The van der Waals surface area contributed by atoms with Crippen molar-refractivity contribution in [1.82, 2.24) is 0 Å². The minimum atomic E-state index is 0.468. The second kappa shape index (κ2) is 4.30. The third-order valence-corrected chi connectivity index (χ3v) is 5.73. The lowest BCUT2D eigenvalue weighted by molar-refractivity contribution is 0.00946. The van der Waals surface area contributed by atoms with Crippen LogP contribution in [0, 0.1) is 23.7 Å². The fourth-order valence-corrected chi connectivity index (χ4v) is 4.92. The van der Waals surface area contributed by atoms with E-state index in [2.05, 4.69) is 0 Å². The van der Waals surface area contributed by atoms with Crippen LogP contribution in [0.3, 0.4) is 0 Å². The van der Waals surface area contributed by atoms with Gasteiger partial charge < -0.3 is 11.5 Å². The molecule has 0 aromatic carbocycles. The summed E-state index contributed by atoms with van der Waals surface area (Å²) in [7, 11) is 0. The third kappa shape index (κ3) is 1.62. The first-order valence-corrected chi connectivity index (χ1v) is 7.30. The lowest BCUT2D eigenvalue weighted by Gasteiger charge is -2.53. The molecule has 0 amide bonds. The van der Waals surface area contributed by atoms with Crippen LogP contribution in [0.15, 0.2) is 0 Å². The number of rotatable bonds is 0. The Morgan fingerprint density at radius 3 is 1.00 bits per heavy atom. The van der Waals surface area contributed by atoms with Crippen LogP contribution in [0.2, 0.25) is 0 Å². The summed E-state index contributed by atoms with van der Waals surface area (Å²) in [6, 6.07) is 0.936. The zero-order valence-corrected chi connectivity index (χ0v) is 10.3. The highest BCUT2D eigenvalue weighted by Crippen LogP contribution is 2.48. The Hall–Kier alpha value is -0.0800. The molecule has 0 aliphatic heterocycles. The number of nitrogens with two attached hydrogens (primary N) is 2. The minimum absolute atomic E-state index is 0.468. The summed E-state index contributed by atoms with van der Waals surface area (Å²) in [5.74, 6) is 3.01. The van der Waals surface area contributed by atoms with E-state index in [0.29, 0.717) is 12.1 Å². The van der Waals surface area contributed by atoms with Crippen LogP contribution in [-0.4, -0.2) is 12.1 Å². The predicted molar refractivity (Wildman–Crippen MR) is 66.8 cm³/mol. The summed E-state index contributed by atoms with van der Waals surface area (Å²) in [4.78, 5) is 0. The van der Waals surface area contributed by atoms with E-state index in [9.17, 15) is 0 Å². The van der Waals surface area contributed by atoms with Gasteiger partial charge in [-0.05, 0) is 49.4 Å². The fraction of sp³-hybridized carbons (Fsp3) is 1.00. The fourth-order valence-electron chi connectivity index (χ4n) is 4.92. The Kier molecular flexibility index (Phi) is 2.97. The van der Waals surface area contributed by atoms with Gasteiger partial charge in [-0.3, -0.25) is 0 Å². The molecule has 4 unspecified atom stereocenters. The van der Waals surface area contributed by atoms with Crippen LogP contribution in [0.4, 0.5) is 0 Å². The second-order valence-corrected chi connectivity index (χ2v) is 6.38. The molecule has 3 saturated carbocycles. The van der Waals surface area contributed by atoms with E-state index in [1.54, 1.807) is 0 Å². The van der Waals surface area contributed by atoms with Crippen molar-refractivity contribution in [1.29, 1.82) is 0 Å². The summed E-state index contributed by atoms with van der Waals surface area (Å²) < 4.78 is 0. The third-order valence-electron chi connectivity index (χ3n) is 5.73. The Labute approximate surface area is 99.1 Å². The molecule has 2 nitrogen and oxygen atoms in total. The molecule has 0 aromatic heterocycles. The Morgan fingerprint density at radius 2 is 0.750 bits per heavy atom. The Balaban J connectivity index is 1.83. The molecule has 92 valence electrons. The van der Waals surface area contributed by atoms with Crippen LogP contribution >= 0.6 is 0 Å². The Morgan fingerprint density at radius 1 is 0.500 bits per heavy atom. The first-order chi connectivity index (χ1) is 7.79. The van der Waals surface area contributed by atoms with Crippen LogP contribution in [-0.2, 0) is 0 Å². The topological polar surface area (TPSA) is 52.0 Å². The maximum atomic E-state index is 6.55. The number of fused-ring (bicyclic) bond motifs is 2. The van der Waals surface area contributed by atoms with E-state index in [1.165, 1.54) is 51.4 Å². The molecule has 4 atom stereocenters. The SMILES string of the molecule is NC1C2CCCCC2C(N)C2CCCCC12. The second-order valence-electron chi connectivity index (χ2n) is 6.38. The quantitative estimate of drug-likeness (QED) is 0.660. The smallest absolute Gasteiger partial charge is 0.0102 e. The molecule has 0 radical (unpaired) electrons. The van der Waals surface area contributed by atoms with Gasteiger partial charge >= 0.3 is 0 Å². The lowest BCUT2D eigenvalue weighted by atomic mass is 9.55. The largest absolute Gasteiger partial charge is 0.327 e. The molecule has 3 rings (SSSR count). The summed E-state index contributed by atoms with van der Waals surface area (Å²) in [5.41, 5.74) is 13.1. The van der Waals surface area contributed by atoms with E-state index in [1.807, 2.05) is 0 Å². The van der Waals surface area contributed by atoms with Gasteiger partial charge in [0.2, 0.25) is 0 Å². The zero-order chi connectivity index (χ0) is 11.1. The van der Waals surface area contributed by atoms with Gasteiger partial charge in [0, 0.05) is 12.1 Å². The van der Waals surface area contributed by atoms with Crippen molar-refractivity contribution in [2.45, 2.75) is 63.5 Å². The summed E-state index contributed by atoms with van der Waals surface area (Å²) in [5, 5.41) is 0. The van der Waals surface area contributed by atoms with Crippen molar-refractivity contribution in [3.8, 4) is 0 Å². The summed E-state index contributed by atoms with van der Waals surface area (Å²) >= 11 is 0. The van der Waals surface area contributed by atoms with Crippen molar-refractivity contribution in [3.05, 3.63) is 0 Å². The predicted octanol–water partition coefficient (Wildman–Crippen LogP) is 2.27. The van der Waals surface area contributed by atoms with Crippen LogP contribution in [0.1, 0.15) is 51.4 Å². The molecule has 3 aliphatic carbocycles. The number of hydrogen-bond acceptors (Lipinski definition) is 2. The molecule has 3 aliphatic rings. The highest BCUT2D eigenvalue weighted by Gasteiger charge is 2.48. The molecule has 16 heavy (non-hydrogen) atoms. The highest BCUT2D eigenvalue weighted by atomic mass is 14.8. The monoisotopic (exact) mass is 222 g/mol. The summed E-state index contributed by atoms with van der Waals surface area (Å²) in [6.45, 7) is 0. The van der Waals surface area contributed by atoms with Crippen molar-refractivity contribution in [3.63, 3.8) is 0 Å². The van der Waals surface area contributed by atoms with Gasteiger partial charge in [-0.15, -0.1) is 0 Å². The number of hydrogen-bond donors (Lipinski definition) is 2. The van der Waals surface area contributed by atoms with Crippen LogP contribution in [0.5, 0.6) is 0 Å². The van der Waals surface area contributed by atoms with Crippen LogP contribution in [0.25, 0.3) is 0 Å². The molecule has 0 aromatic rings. The van der Waals surface area contributed by atoms with E-state index >= 15 is 0 Å². The van der Waals surface area contributed by atoms with Gasteiger partial charge in [-0.25, -0.2) is 0 Å². The van der Waals surface area contributed by atoms with Crippen molar-refractivity contribution in [2.75, 3.05) is 0 Å². The van der Waals surface area contributed by atoms with Gasteiger partial charge in [0.05, 0.1) is 0 Å². The zero-order valence-electron chi connectivity index (χ0n) is 10.3. The molecule has 0 spiro atoms. The van der Waals surface area contributed by atoms with E-state index in [-0.39, 0.29) is 0 Å². The summed E-state index contributed by atoms with van der Waals surface area (Å²) in [6.07, 6.45) is 11.0. The van der Waals surface area contributed by atoms with Gasteiger partial charge in [-0.2, -0.15) is 0 Å². The van der Waals surface area contributed by atoms with Crippen molar-refractivity contribution in [2.24, 2.45) is 35.1 Å². The maximum absolute atomic E-state index is 6.55. The van der Waals surface area contributed by atoms with Gasteiger partial charge in [-0.1, -0.05) is 25.7 Å². The average molecular weight is 222 g/mol. The van der Waals surface area contributed by atoms with Crippen molar-refractivity contribution >= 4 is 0 Å². The van der Waals surface area contributed by atoms with Gasteiger partial charge in [0.15, 0.2) is 0 Å². The van der Waals surface area contributed by atoms with Gasteiger partial charge in [0.25, 0.3) is 0 Å². The molecular weight excluding hydrogens is 196 g/mol. The highest BCUT2D eigenvalue weighted by molar-refractivity contribution is 5.02. The normalized spacial score (nSPS) is 52.9. The van der Waals surface area contributed by atoms with E-state index in [4.69, 9.17) is 11.5 Å². The van der Waals surface area contributed by atoms with E-state index < -0.39 is 0 Å². The first-order valence-electron chi connectivity index (χ1n) is 7.30. The Bertz CT molecular complexity index is 203. The standard InChI is InChI=1S/C14H26N2/c15-13-9-5-1-2-6-10(9)14(16)12-8-4-3-7-11(12)13/h9-14H,1-8,15-16H2. The lowest BCUT2D eigenvalue weighted by Crippen LogP contribution is -2.60. The minimum Gasteiger partial charge on any atom is -0.327 e. The molecule has 0 heterocycles. The molecule has 3 fully saturated rings. The van der Waals surface area contributed by atoms with E-state index in [0.717, 1.165) is 23.7 Å². The molecule has 0 saturated heterocycles. The molecule has 2 heteroatoms.